The van der Waals surface area contributed by atoms with Gasteiger partial charge in [-0.25, -0.2) is 0 Å². The summed E-state index contributed by atoms with van der Waals surface area (Å²) in [4.78, 5) is 23.9. The number of hydrazine groups is 1. The predicted octanol–water partition coefficient (Wildman–Crippen LogP) is 3.59. The van der Waals surface area contributed by atoms with Crippen LogP contribution in [0, 0.1) is 13.8 Å². The second-order valence-electron chi connectivity index (χ2n) is 7.07. The Morgan fingerprint density at radius 1 is 0.963 bits per heavy atom. The van der Waals surface area contributed by atoms with Crippen molar-refractivity contribution in [1.29, 1.82) is 0 Å². The summed E-state index contributed by atoms with van der Waals surface area (Å²) in [5, 5.41) is 0. The first kappa shape index (κ1) is 20.5. The van der Waals surface area contributed by atoms with E-state index in [1.807, 2.05) is 56.3 Å². The van der Waals surface area contributed by atoms with E-state index in [0.717, 1.165) is 22.3 Å². The first-order valence-corrected chi connectivity index (χ1v) is 9.21. The summed E-state index contributed by atoms with van der Waals surface area (Å²) in [6, 6.07) is 14.0. The molecule has 0 saturated carbocycles. The molecule has 0 bridgehead atoms. The van der Waals surface area contributed by atoms with Gasteiger partial charge >= 0.3 is 0 Å². The van der Waals surface area contributed by atoms with Gasteiger partial charge in [0, 0.05) is 6.42 Å². The summed E-state index contributed by atoms with van der Waals surface area (Å²) in [7, 11) is 0. The molecule has 0 radical (unpaired) electrons. The van der Waals surface area contributed by atoms with Crippen molar-refractivity contribution in [3.8, 4) is 5.75 Å². The molecule has 2 rings (SSSR count). The van der Waals surface area contributed by atoms with Gasteiger partial charge in [-0.3, -0.25) is 20.4 Å². The lowest BCUT2D eigenvalue weighted by molar-refractivity contribution is -0.130. The lowest BCUT2D eigenvalue weighted by Crippen LogP contribution is -2.43. The first-order chi connectivity index (χ1) is 12.8. The van der Waals surface area contributed by atoms with Crippen molar-refractivity contribution in [3.05, 3.63) is 64.7 Å². The van der Waals surface area contributed by atoms with Crippen LogP contribution in [0.5, 0.6) is 5.75 Å². The van der Waals surface area contributed by atoms with Crippen LogP contribution in [0.15, 0.2) is 42.5 Å². The van der Waals surface area contributed by atoms with E-state index < -0.39 is 5.91 Å². The van der Waals surface area contributed by atoms with Crippen LogP contribution in [0.25, 0.3) is 0 Å². The van der Waals surface area contributed by atoms with Crippen molar-refractivity contribution in [2.75, 3.05) is 6.61 Å². The maximum atomic E-state index is 12.0. The molecule has 0 heterocycles. The van der Waals surface area contributed by atoms with Crippen LogP contribution >= 0.6 is 0 Å². The number of hydrogen-bond acceptors (Lipinski definition) is 3. The van der Waals surface area contributed by atoms with Gasteiger partial charge in [-0.05, 0) is 48.9 Å². The molecule has 0 aliphatic heterocycles. The van der Waals surface area contributed by atoms with Gasteiger partial charge in [-0.2, -0.15) is 0 Å². The van der Waals surface area contributed by atoms with Crippen molar-refractivity contribution in [3.63, 3.8) is 0 Å². The molecule has 0 aliphatic carbocycles. The Morgan fingerprint density at radius 2 is 1.67 bits per heavy atom. The predicted molar refractivity (Wildman–Crippen MR) is 107 cm³/mol. The molecular weight excluding hydrogens is 340 g/mol. The third-order valence-corrected chi connectivity index (χ3v) is 4.21. The van der Waals surface area contributed by atoms with E-state index in [1.165, 1.54) is 0 Å². The highest BCUT2D eigenvalue weighted by Crippen LogP contribution is 2.27. The van der Waals surface area contributed by atoms with Crippen molar-refractivity contribution in [2.24, 2.45) is 0 Å². The smallest absolute Gasteiger partial charge is 0.276 e. The summed E-state index contributed by atoms with van der Waals surface area (Å²) < 4.78 is 5.65. The molecule has 2 N–H and O–H groups in total. The molecular formula is C22H28N2O3. The average Bonchev–Trinajstić information content (AvgIpc) is 2.62. The lowest BCUT2D eigenvalue weighted by Gasteiger charge is -2.15. The van der Waals surface area contributed by atoms with E-state index in [-0.39, 0.29) is 12.5 Å². The van der Waals surface area contributed by atoms with Gasteiger partial charge in [0.1, 0.15) is 5.75 Å². The number of carbonyl (C=O) groups excluding carboxylic acids is 2. The van der Waals surface area contributed by atoms with Gasteiger partial charge in [0.2, 0.25) is 5.91 Å². The minimum atomic E-state index is -0.393. The van der Waals surface area contributed by atoms with Gasteiger partial charge in [0.05, 0.1) is 0 Å². The molecule has 0 aromatic heterocycles. The quantitative estimate of drug-likeness (QED) is 0.734. The Labute approximate surface area is 161 Å². The summed E-state index contributed by atoms with van der Waals surface area (Å²) in [5.41, 5.74) is 9.21. The first-order valence-electron chi connectivity index (χ1n) is 9.21. The van der Waals surface area contributed by atoms with Crippen LogP contribution in [0.2, 0.25) is 0 Å². The molecule has 2 aromatic carbocycles. The van der Waals surface area contributed by atoms with Gasteiger partial charge in [-0.15, -0.1) is 0 Å². The maximum Gasteiger partial charge on any atom is 0.276 e. The summed E-state index contributed by atoms with van der Waals surface area (Å²) in [6.07, 6.45) is 0.931. The van der Waals surface area contributed by atoms with Crippen LogP contribution in [-0.2, 0) is 16.0 Å². The average molecular weight is 368 g/mol. The van der Waals surface area contributed by atoms with E-state index >= 15 is 0 Å². The molecule has 0 aliphatic rings. The largest absolute Gasteiger partial charge is 0.483 e. The molecule has 0 saturated heterocycles. The van der Waals surface area contributed by atoms with Crippen molar-refractivity contribution >= 4 is 11.8 Å². The fraction of sp³-hybridized carbons (Fsp3) is 0.364. The van der Waals surface area contributed by atoms with E-state index in [0.29, 0.717) is 24.5 Å². The van der Waals surface area contributed by atoms with E-state index in [1.54, 1.807) is 0 Å². The fourth-order valence-electron chi connectivity index (χ4n) is 2.75. The molecule has 5 nitrogen and oxygen atoms in total. The van der Waals surface area contributed by atoms with Crippen molar-refractivity contribution < 1.29 is 14.3 Å². The van der Waals surface area contributed by atoms with E-state index in [2.05, 4.69) is 24.7 Å². The Morgan fingerprint density at radius 3 is 2.37 bits per heavy atom. The number of carbonyl (C=O) groups is 2. The zero-order valence-electron chi connectivity index (χ0n) is 16.5. The molecule has 0 unspecified atom stereocenters. The zero-order chi connectivity index (χ0) is 19.8. The van der Waals surface area contributed by atoms with Crippen LogP contribution in [0.3, 0.4) is 0 Å². The van der Waals surface area contributed by atoms with Crippen molar-refractivity contribution in [1.82, 2.24) is 10.9 Å². The third-order valence-electron chi connectivity index (χ3n) is 4.21. The topological polar surface area (TPSA) is 67.4 Å². The summed E-state index contributed by atoms with van der Waals surface area (Å²) >= 11 is 0. The maximum absolute atomic E-state index is 12.0. The minimum Gasteiger partial charge on any atom is -0.483 e. The Kier molecular flexibility index (Phi) is 7.41. The number of nitrogens with one attached hydrogen (secondary N) is 2. The Balaban J connectivity index is 1.76. The van der Waals surface area contributed by atoms with Crippen LogP contribution in [-0.4, -0.2) is 18.4 Å². The number of benzene rings is 2. The highest BCUT2D eigenvalue weighted by molar-refractivity contribution is 5.82. The SMILES string of the molecule is Cc1cccc(CCC(=O)NNC(=O)COc2cc(C)ccc2C(C)C)c1. The zero-order valence-corrected chi connectivity index (χ0v) is 16.5. The van der Waals surface area contributed by atoms with Crippen LogP contribution in [0.1, 0.15) is 48.4 Å². The van der Waals surface area contributed by atoms with Gasteiger partial charge in [0.15, 0.2) is 6.61 Å². The highest BCUT2D eigenvalue weighted by Gasteiger charge is 2.11. The van der Waals surface area contributed by atoms with Gasteiger partial charge in [-0.1, -0.05) is 55.8 Å². The monoisotopic (exact) mass is 368 g/mol. The lowest BCUT2D eigenvalue weighted by atomic mass is 10.0. The summed E-state index contributed by atoms with van der Waals surface area (Å²) in [6.45, 7) is 7.99. The fourth-order valence-corrected chi connectivity index (χ4v) is 2.75. The molecule has 27 heavy (non-hydrogen) atoms. The normalized spacial score (nSPS) is 10.6. The number of hydrogen-bond donors (Lipinski definition) is 2. The molecule has 0 spiro atoms. The molecule has 5 heteroatoms. The van der Waals surface area contributed by atoms with Crippen LogP contribution < -0.4 is 15.6 Å². The van der Waals surface area contributed by atoms with Crippen molar-refractivity contribution in [2.45, 2.75) is 46.5 Å². The van der Waals surface area contributed by atoms with E-state index in [4.69, 9.17) is 4.74 Å². The van der Waals surface area contributed by atoms with E-state index in [9.17, 15) is 9.59 Å². The summed E-state index contributed by atoms with van der Waals surface area (Å²) in [5.74, 6) is 0.370. The standard InChI is InChI=1S/C22H28N2O3/c1-15(2)19-10-8-17(4)13-20(19)27-14-22(26)24-23-21(25)11-9-18-7-5-6-16(3)12-18/h5-8,10,12-13,15H,9,11,14H2,1-4H3,(H,23,25)(H,24,26). The molecule has 0 fully saturated rings. The van der Waals surface area contributed by atoms with Gasteiger partial charge < -0.3 is 4.74 Å². The van der Waals surface area contributed by atoms with Gasteiger partial charge in [0.25, 0.3) is 5.91 Å². The molecule has 0 atom stereocenters. The number of rotatable bonds is 7. The molecule has 144 valence electrons. The van der Waals surface area contributed by atoms with Crippen LogP contribution in [0.4, 0.5) is 0 Å². The molecule has 2 aromatic rings. The second-order valence-corrected chi connectivity index (χ2v) is 7.07. The minimum absolute atomic E-state index is 0.151. The molecule has 2 amide bonds. The number of ether oxygens (including phenoxy) is 1. The number of aryl methyl sites for hydroxylation is 3. The second kappa shape index (κ2) is 9.76. The number of amides is 2. The Hall–Kier alpha value is -2.82. The highest BCUT2D eigenvalue weighted by atomic mass is 16.5. The third kappa shape index (κ3) is 6.77. The Bertz CT molecular complexity index is 800.